The number of carbonyl (C=O) groups excluding carboxylic acids is 2. The number of aromatic nitrogens is 3. The summed E-state index contributed by atoms with van der Waals surface area (Å²) in [7, 11) is 1.38. The molecule has 192 valence electrons. The number of Topliss-reactive ketones (excluding diaryl/α,β-unsaturated/α-hetero) is 1. The van der Waals surface area contributed by atoms with Gasteiger partial charge in [0.25, 0.3) is 5.78 Å². The largest absolute Gasteiger partial charge is 0.507 e. The number of phenols is 1. The smallest absolute Gasteiger partial charge is 0.301 e. The van der Waals surface area contributed by atoms with E-state index in [2.05, 4.69) is 15.2 Å². The lowest BCUT2D eigenvalue weighted by molar-refractivity contribution is -0.132. The predicted octanol–water partition coefficient (Wildman–Crippen LogP) is 4.71. The molecule has 2 N–H and O–H groups in total. The summed E-state index contributed by atoms with van der Waals surface area (Å²) in [5.41, 5.74) is 1.44. The van der Waals surface area contributed by atoms with Gasteiger partial charge in [-0.2, -0.15) is 0 Å². The Labute approximate surface area is 224 Å². The molecule has 1 aliphatic heterocycles. The first-order valence-electron chi connectivity index (χ1n) is 11.2. The highest BCUT2D eigenvalue weighted by Gasteiger charge is 2.48. The van der Waals surface area contributed by atoms with Crippen LogP contribution in [0.15, 0.2) is 76.9 Å². The molecule has 0 aliphatic carbocycles. The van der Waals surface area contributed by atoms with Crippen molar-refractivity contribution in [2.24, 2.45) is 0 Å². The third-order valence-electron chi connectivity index (χ3n) is 5.80. The van der Waals surface area contributed by atoms with E-state index in [1.807, 2.05) is 0 Å². The van der Waals surface area contributed by atoms with Crippen molar-refractivity contribution in [2.75, 3.05) is 12.0 Å². The standard InChI is InChI=1S/C26H19FN4O5S2/c1-36-19-12-16(4-7-18(19)32)21-20(22(33)15-8-10-28-11-9-15)23(34)24(35)31(21)25-29-30-26(38-25)37-13-14-2-5-17(27)6-3-14/h2-12,21,32-33H,13H2,1H3/b22-20+. The van der Waals surface area contributed by atoms with Crippen LogP contribution in [-0.4, -0.2) is 44.2 Å². The first kappa shape index (κ1) is 25.4. The fraction of sp³-hybridized carbons (Fsp3) is 0.115. The van der Waals surface area contributed by atoms with Crippen LogP contribution >= 0.6 is 23.1 Å². The van der Waals surface area contributed by atoms with E-state index in [-0.39, 0.29) is 33.8 Å². The minimum atomic E-state index is -1.07. The second-order valence-corrected chi connectivity index (χ2v) is 10.3. The Morgan fingerprint density at radius 3 is 2.55 bits per heavy atom. The van der Waals surface area contributed by atoms with Crippen molar-refractivity contribution >= 4 is 45.7 Å². The molecule has 1 saturated heterocycles. The molecule has 1 amide bonds. The van der Waals surface area contributed by atoms with E-state index in [0.29, 0.717) is 21.2 Å². The van der Waals surface area contributed by atoms with E-state index in [9.17, 15) is 24.2 Å². The maximum absolute atomic E-state index is 13.3. The lowest BCUT2D eigenvalue weighted by Crippen LogP contribution is -2.29. The second-order valence-electron chi connectivity index (χ2n) is 8.10. The summed E-state index contributed by atoms with van der Waals surface area (Å²) in [5.74, 6) is -1.99. The minimum absolute atomic E-state index is 0.127. The first-order chi connectivity index (χ1) is 18.4. The van der Waals surface area contributed by atoms with Gasteiger partial charge in [-0.3, -0.25) is 19.5 Å². The van der Waals surface area contributed by atoms with Crippen LogP contribution in [0.2, 0.25) is 0 Å². The van der Waals surface area contributed by atoms with E-state index in [4.69, 9.17) is 4.74 Å². The monoisotopic (exact) mass is 550 g/mol. The molecule has 0 radical (unpaired) electrons. The number of halogens is 1. The minimum Gasteiger partial charge on any atom is -0.507 e. The molecule has 1 fully saturated rings. The van der Waals surface area contributed by atoms with Crippen molar-refractivity contribution in [1.29, 1.82) is 0 Å². The zero-order valence-electron chi connectivity index (χ0n) is 19.7. The number of anilines is 1. The summed E-state index contributed by atoms with van der Waals surface area (Å²) in [4.78, 5) is 31.7. The van der Waals surface area contributed by atoms with Gasteiger partial charge < -0.3 is 14.9 Å². The van der Waals surface area contributed by atoms with Crippen molar-refractivity contribution in [3.05, 3.63) is 95.1 Å². The number of benzene rings is 2. The number of carbonyl (C=O) groups is 2. The molecule has 38 heavy (non-hydrogen) atoms. The van der Waals surface area contributed by atoms with Crippen molar-refractivity contribution < 1.29 is 28.9 Å². The molecule has 5 rings (SSSR count). The number of phenolic OH excluding ortho intramolecular Hbond substituents is 1. The van der Waals surface area contributed by atoms with Crippen molar-refractivity contribution in [2.45, 2.75) is 16.1 Å². The lowest BCUT2D eigenvalue weighted by Gasteiger charge is -2.23. The topological polar surface area (TPSA) is 126 Å². The Bertz CT molecular complexity index is 1540. The summed E-state index contributed by atoms with van der Waals surface area (Å²) < 4.78 is 19.0. The first-order valence-corrected chi connectivity index (χ1v) is 13.0. The zero-order chi connectivity index (χ0) is 26.8. The van der Waals surface area contributed by atoms with Gasteiger partial charge in [-0.25, -0.2) is 4.39 Å². The third kappa shape index (κ3) is 4.83. The number of ether oxygens (including phenoxy) is 1. The number of hydrogen-bond acceptors (Lipinski definition) is 10. The Kier molecular flexibility index (Phi) is 7.07. The average Bonchev–Trinajstić information content (AvgIpc) is 3.50. The van der Waals surface area contributed by atoms with Crippen molar-refractivity contribution in [1.82, 2.24) is 15.2 Å². The number of nitrogens with zero attached hydrogens (tertiary/aromatic N) is 4. The number of methoxy groups -OCH3 is 1. The van der Waals surface area contributed by atoms with E-state index < -0.39 is 17.7 Å². The number of rotatable bonds is 7. The van der Waals surface area contributed by atoms with E-state index >= 15 is 0 Å². The number of aliphatic hydroxyl groups is 1. The summed E-state index contributed by atoms with van der Waals surface area (Å²) in [6, 6.07) is 12.5. The molecule has 1 aliphatic rings. The van der Waals surface area contributed by atoms with Crippen LogP contribution in [0.4, 0.5) is 9.52 Å². The number of pyridine rings is 1. The molecule has 1 atom stereocenters. The number of aliphatic hydroxyl groups excluding tert-OH is 1. The van der Waals surface area contributed by atoms with Crippen LogP contribution in [0.5, 0.6) is 11.5 Å². The highest BCUT2D eigenvalue weighted by molar-refractivity contribution is 8.00. The molecular weight excluding hydrogens is 531 g/mol. The van der Waals surface area contributed by atoms with Crippen LogP contribution in [0.3, 0.4) is 0 Å². The Morgan fingerprint density at radius 1 is 1.11 bits per heavy atom. The van der Waals surface area contributed by atoms with E-state index in [0.717, 1.165) is 16.9 Å². The Morgan fingerprint density at radius 2 is 1.84 bits per heavy atom. The van der Waals surface area contributed by atoms with Crippen LogP contribution in [0, 0.1) is 5.82 Å². The number of ketones is 1. The molecule has 12 heteroatoms. The zero-order valence-corrected chi connectivity index (χ0v) is 21.4. The molecule has 0 bridgehead atoms. The summed E-state index contributed by atoms with van der Waals surface area (Å²) in [5, 5.41) is 29.7. The lowest BCUT2D eigenvalue weighted by atomic mass is 9.95. The normalized spacial score (nSPS) is 16.7. The molecule has 4 aromatic rings. The molecule has 2 aromatic heterocycles. The van der Waals surface area contributed by atoms with Gasteiger partial charge in [-0.1, -0.05) is 41.3 Å². The van der Waals surface area contributed by atoms with Gasteiger partial charge >= 0.3 is 5.91 Å². The van der Waals surface area contributed by atoms with Crippen LogP contribution < -0.4 is 9.64 Å². The fourth-order valence-electron chi connectivity index (χ4n) is 3.96. The Balaban J connectivity index is 1.56. The predicted molar refractivity (Wildman–Crippen MR) is 140 cm³/mol. The number of hydrogen-bond donors (Lipinski definition) is 2. The van der Waals surface area contributed by atoms with Crippen LogP contribution in [-0.2, 0) is 15.3 Å². The van der Waals surface area contributed by atoms with Gasteiger partial charge in [0.15, 0.2) is 15.8 Å². The molecule has 1 unspecified atom stereocenters. The Hall–Kier alpha value is -4.29. The third-order valence-corrected chi connectivity index (χ3v) is 7.92. The molecule has 0 saturated carbocycles. The maximum Gasteiger partial charge on any atom is 0.301 e. The van der Waals surface area contributed by atoms with Gasteiger partial charge in [0.1, 0.15) is 11.6 Å². The number of thioether (sulfide) groups is 1. The number of aromatic hydroxyl groups is 1. The number of amides is 1. The van der Waals surface area contributed by atoms with E-state index in [1.165, 1.54) is 78.6 Å². The van der Waals surface area contributed by atoms with Gasteiger partial charge in [-0.05, 0) is 47.5 Å². The maximum atomic E-state index is 13.3. The molecule has 2 aromatic carbocycles. The summed E-state index contributed by atoms with van der Waals surface area (Å²) in [6.45, 7) is 0. The quantitative estimate of drug-likeness (QED) is 0.111. The highest BCUT2D eigenvalue weighted by atomic mass is 32.2. The average molecular weight is 551 g/mol. The van der Waals surface area contributed by atoms with Crippen molar-refractivity contribution in [3.8, 4) is 11.5 Å². The SMILES string of the molecule is COc1cc(C2/C(=C(\O)c3ccncc3)C(=O)C(=O)N2c2nnc(SCc3ccc(F)cc3)s2)ccc1O. The van der Waals surface area contributed by atoms with Gasteiger partial charge in [-0.15, -0.1) is 10.2 Å². The molecule has 9 nitrogen and oxygen atoms in total. The van der Waals surface area contributed by atoms with Crippen molar-refractivity contribution in [3.63, 3.8) is 0 Å². The van der Waals surface area contributed by atoms with Gasteiger partial charge in [0.2, 0.25) is 5.13 Å². The molecular formula is C26H19FN4O5S2. The van der Waals surface area contributed by atoms with E-state index in [1.54, 1.807) is 12.1 Å². The molecule has 0 spiro atoms. The molecule has 3 heterocycles. The van der Waals surface area contributed by atoms with Gasteiger partial charge in [0.05, 0.1) is 18.7 Å². The highest BCUT2D eigenvalue weighted by Crippen LogP contribution is 2.45. The van der Waals surface area contributed by atoms with Crippen LogP contribution in [0.1, 0.15) is 22.7 Å². The summed E-state index contributed by atoms with van der Waals surface area (Å²) in [6.07, 6.45) is 2.91. The van der Waals surface area contributed by atoms with Gasteiger partial charge in [0, 0.05) is 23.7 Å². The second kappa shape index (κ2) is 10.6. The summed E-state index contributed by atoms with van der Waals surface area (Å²) >= 11 is 2.45. The van der Waals surface area contributed by atoms with Crippen LogP contribution in [0.25, 0.3) is 5.76 Å². The fourth-order valence-corrected chi connectivity index (χ4v) is 5.78.